The van der Waals surface area contributed by atoms with E-state index in [1.54, 1.807) is 0 Å². The highest BCUT2D eigenvalue weighted by Gasteiger charge is 2.21. The zero-order valence-electron chi connectivity index (χ0n) is 12.9. The topological polar surface area (TPSA) is 15.3 Å². The Bertz CT molecular complexity index is 186. The van der Waals surface area contributed by atoms with Gasteiger partial charge in [0.15, 0.2) is 0 Å². The predicted molar refractivity (Wildman–Crippen MR) is 81.1 cm³/mol. The summed E-state index contributed by atoms with van der Waals surface area (Å²) in [6, 6.07) is 0.717. The minimum absolute atomic E-state index is 0.717. The van der Waals surface area contributed by atoms with Gasteiger partial charge in [-0.15, -0.1) is 0 Å². The van der Waals surface area contributed by atoms with Crippen LogP contribution in [0.2, 0.25) is 0 Å². The molecule has 1 atom stereocenters. The van der Waals surface area contributed by atoms with Crippen LogP contribution in [-0.2, 0) is 0 Å². The van der Waals surface area contributed by atoms with Gasteiger partial charge in [0.1, 0.15) is 0 Å². The van der Waals surface area contributed by atoms with E-state index in [1.807, 2.05) is 0 Å². The Kier molecular flexibility index (Phi) is 8.70. The van der Waals surface area contributed by atoms with Gasteiger partial charge in [0.25, 0.3) is 0 Å². The van der Waals surface area contributed by atoms with Crippen molar-refractivity contribution < 1.29 is 0 Å². The molecule has 1 fully saturated rings. The van der Waals surface area contributed by atoms with Crippen LogP contribution in [0.5, 0.6) is 0 Å². The molecule has 1 aliphatic heterocycles. The fraction of sp³-hybridized carbons (Fsp3) is 1.00. The zero-order valence-corrected chi connectivity index (χ0v) is 12.9. The van der Waals surface area contributed by atoms with Crippen LogP contribution in [0.4, 0.5) is 0 Å². The van der Waals surface area contributed by atoms with Crippen molar-refractivity contribution in [2.75, 3.05) is 26.7 Å². The highest BCUT2D eigenvalue weighted by molar-refractivity contribution is 4.78. The van der Waals surface area contributed by atoms with Crippen molar-refractivity contribution in [1.82, 2.24) is 10.2 Å². The predicted octanol–water partition coefficient (Wildman–Crippen LogP) is 3.67. The van der Waals surface area contributed by atoms with E-state index < -0.39 is 0 Å². The van der Waals surface area contributed by atoms with E-state index >= 15 is 0 Å². The minimum Gasteiger partial charge on any atom is -0.314 e. The molecule has 2 nitrogen and oxygen atoms in total. The lowest BCUT2D eigenvalue weighted by atomic mass is 9.90. The van der Waals surface area contributed by atoms with Crippen molar-refractivity contribution in [2.24, 2.45) is 5.92 Å². The molecule has 2 heteroatoms. The fourth-order valence-electron chi connectivity index (χ4n) is 2.93. The van der Waals surface area contributed by atoms with Gasteiger partial charge in [-0.2, -0.15) is 0 Å². The SMILES string of the molecule is CCCCCCCCNC(C)C1CCN(C)CC1. The van der Waals surface area contributed by atoms with Crippen molar-refractivity contribution in [3.8, 4) is 0 Å². The lowest BCUT2D eigenvalue weighted by molar-refractivity contribution is 0.190. The maximum atomic E-state index is 3.74. The summed E-state index contributed by atoms with van der Waals surface area (Å²) in [5.74, 6) is 0.904. The second kappa shape index (κ2) is 9.80. The molecule has 1 rings (SSSR count). The summed E-state index contributed by atoms with van der Waals surface area (Å²) in [5.41, 5.74) is 0. The summed E-state index contributed by atoms with van der Waals surface area (Å²) in [6.45, 7) is 8.46. The first-order valence-electron chi connectivity index (χ1n) is 8.16. The molecule has 18 heavy (non-hydrogen) atoms. The summed E-state index contributed by atoms with van der Waals surface area (Å²) in [6.07, 6.45) is 11.2. The lowest BCUT2D eigenvalue weighted by Gasteiger charge is -2.33. The summed E-state index contributed by atoms with van der Waals surface area (Å²) in [4.78, 5) is 2.46. The molecule has 0 aromatic carbocycles. The van der Waals surface area contributed by atoms with E-state index in [9.17, 15) is 0 Å². The van der Waals surface area contributed by atoms with E-state index in [2.05, 4.69) is 31.1 Å². The second-order valence-electron chi connectivity index (χ2n) is 6.15. The van der Waals surface area contributed by atoms with Gasteiger partial charge in [0, 0.05) is 6.04 Å². The third kappa shape index (κ3) is 6.75. The van der Waals surface area contributed by atoms with Gasteiger partial charge < -0.3 is 10.2 Å². The molecule has 1 saturated heterocycles. The van der Waals surface area contributed by atoms with Gasteiger partial charge in [0.2, 0.25) is 0 Å². The Morgan fingerprint density at radius 2 is 1.67 bits per heavy atom. The van der Waals surface area contributed by atoms with Crippen LogP contribution in [0.3, 0.4) is 0 Å². The van der Waals surface area contributed by atoms with E-state index in [1.165, 1.54) is 71.0 Å². The van der Waals surface area contributed by atoms with Gasteiger partial charge in [-0.3, -0.25) is 0 Å². The molecule has 1 N–H and O–H groups in total. The van der Waals surface area contributed by atoms with Gasteiger partial charge in [-0.05, 0) is 58.8 Å². The molecule has 0 spiro atoms. The lowest BCUT2D eigenvalue weighted by Crippen LogP contribution is -2.40. The number of unbranched alkanes of at least 4 members (excludes halogenated alkanes) is 5. The molecule has 1 heterocycles. The standard InChI is InChI=1S/C16H34N2/c1-4-5-6-7-8-9-12-17-15(2)16-10-13-18(3)14-11-16/h15-17H,4-14H2,1-3H3. The fourth-order valence-corrected chi connectivity index (χ4v) is 2.93. The quantitative estimate of drug-likeness (QED) is 0.632. The van der Waals surface area contributed by atoms with Crippen LogP contribution in [0.15, 0.2) is 0 Å². The monoisotopic (exact) mass is 254 g/mol. The Balaban J connectivity index is 1.95. The van der Waals surface area contributed by atoms with E-state index in [4.69, 9.17) is 0 Å². The van der Waals surface area contributed by atoms with E-state index in [0.717, 1.165) is 5.92 Å². The number of hydrogen-bond acceptors (Lipinski definition) is 2. The van der Waals surface area contributed by atoms with Gasteiger partial charge in [-0.1, -0.05) is 39.0 Å². The third-order valence-electron chi connectivity index (χ3n) is 4.47. The molecule has 0 aliphatic carbocycles. The average Bonchev–Trinajstić information content (AvgIpc) is 2.38. The van der Waals surface area contributed by atoms with Crippen LogP contribution >= 0.6 is 0 Å². The van der Waals surface area contributed by atoms with Crippen molar-refractivity contribution >= 4 is 0 Å². The molecule has 0 radical (unpaired) electrons. The minimum atomic E-state index is 0.717. The van der Waals surface area contributed by atoms with Gasteiger partial charge in [0.05, 0.1) is 0 Å². The van der Waals surface area contributed by atoms with Crippen molar-refractivity contribution in [1.29, 1.82) is 0 Å². The van der Waals surface area contributed by atoms with Crippen molar-refractivity contribution in [3.05, 3.63) is 0 Å². The molecule has 0 aromatic heterocycles. The summed E-state index contributed by atoms with van der Waals surface area (Å²) < 4.78 is 0. The van der Waals surface area contributed by atoms with Gasteiger partial charge in [-0.25, -0.2) is 0 Å². The van der Waals surface area contributed by atoms with Gasteiger partial charge >= 0.3 is 0 Å². The smallest absolute Gasteiger partial charge is 0.00679 e. The number of hydrogen-bond donors (Lipinski definition) is 1. The molecule has 1 aliphatic rings. The molecular weight excluding hydrogens is 220 g/mol. The van der Waals surface area contributed by atoms with Crippen LogP contribution in [0, 0.1) is 5.92 Å². The third-order valence-corrected chi connectivity index (χ3v) is 4.47. The maximum Gasteiger partial charge on any atom is 0.00679 e. The highest BCUT2D eigenvalue weighted by atomic mass is 15.1. The van der Waals surface area contributed by atoms with Crippen LogP contribution in [0.1, 0.15) is 65.2 Å². The number of nitrogens with one attached hydrogen (secondary N) is 1. The van der Waals surface area contributed by atoms with Crippen molar-refractivity contribution in [2.45, 2.75) is 71.3 Å². The Morgan fingerprint density at radius 3 is 2.33 bits per heavy atom. The van der Waals surface area contributed by atoms with E-state index in [-0.39, 0.29) is 0 Å². The Labute approximate surface area is 115 Å². The zero-order chi connectivity index (χ0) is 13.2. The largest absolute Gasteiger partial charge is 0.314 e. The van der Waals surface area contributed by atoms with Crippen molar-refractivity contribution in [3.63, 3.8) is 0 Å². The number of nitrogens with zero attached hydrogens (tertiary/aromatic N) is 1. The number of piperidine rings is 1. The molecule has 0 amide bonds. The molecule has 0 aromatic rings. The summed E-state index contributed by atoms with van der Waals surface area (Å²) >= 11 is 0. The normalized spacial score (nSPS) is 20.2. The molecule has 0 saturated carbocycles. The Hall–Kier alpha value is -0.0800. The first-order chi connectivity index (χ1) is 8.74. The molecular formula is C16H34N2. The van der Waals surface area contributed by atoms with Crippen LogP contribution < -0.4 is 5.32 Å². The maximum absolute atomic E-state index is 3.74. The second-order valence-corrected chi connectivity index (χ2v) is 6.15. The molecule has 1 unspecified atom stereocenters. The first kappa shape index (κ1) is 16.0. The van der Waals surface area contributed by atoms with E-state index in [0.29, 0.717) is 6.04 Å². The first-order valence-corrected chi connectivity index (χ1v) is 8.16. The molecule has 0 bridgehead atoms. The summed E-state index contributed by atoms with van der Waals surface area (Å²) in [7, 11) is 2.24. The average molecular weight is 254 g/mol. The van der Waals surface area contributed by atoms with Crippen LogP contribution in [-0.4, -0.2) is 37.6 Å². The molecule has 108 valence electrons. The number of likely N-dealkylation sites (tertiary alicyclic amines) is 1. The summed E-state index contributed by atoms with van der Waals surface area (Å²) in [5, 5.41) is 3.74. The number of rotatable bonds is 9. The highest BCUT2D eigenvalue weighted by Crippen LogP contribution is 2.19. The Morgan fingerprint density at radius 1 is 1.06 bits per heavy atom. The van der Waals surface area contributed by atoms with Crippen LogP contribution in [0.25, 0.3) is 0 Å².